The number of aromatic nitrogens is 2. The zero-order valence-electron chi connectivity index (χ0n) is 18.7. The number of pyridine rings is 1. The molecule has 0 bridgehead atoms. The van der Waals surface area contributed by atoms with Gasteiger partial charge in [-0.05, 0) is 61.1 Å². The summed E-state index contributed by atoms with van der Waals surface area (Å²) in [6.07, 6.45) is 8.90. The number of unbranched alkanes of at least 4 members (excludes halogenated alkanes) is 2. The summed E-state index contributed by atoms with van der Waals surface area (Å²) in [6, 6.07) is 17.5. The van der Waals surface area contributed by atoms with Crippen LogP contribution in [0.5, 0.6) is 5.75 Å². The van der Waals surface area contributed by atoms with Gasteiger partial charge in [-0.3, -0.25) is 4.57 Å². The molecule has 0 saturated carbocycles. The molecule has 3 heterocycles. The van der Waals surface area contributed by atoms with Gasteiger partial charge < -0.3 is 4.74 Å². The summed E-state index contributed by atoms with van der Waals surface area (Å²) < 4.78 is 7.97. The van der Waals surface area contributed by atoms with Crippen molar-refractivity contribution in [3.05, 3.63) is 65.9 Å². The molecule has 2 aromatic carbocycles. The van der Waals surface area contributed by atoms with Crippen LogP contribution in [0.1, 0.15) is 63.5 Å². The molecule has 0 saturated heterocycles. The molecule has 31 heavy (non-hydrogen) atoms. The zero-order chi connectivity index (χ0) is 21.4. The maximum absolute atomic E-state index is 5.59. The van der Waals surface area contributed by atoms with Gasteiger partial charge in [-0.15, -0.1) is 0 Å². The Morgan fingerprint density at radius 3 is 2.32 bits per heavy atom. The van der Waals surface area contributed by atoms with Crippen molar-refractivity contribution >= 4 is 33.0 Å². The van der Waals surface area contributed by atoms with E-state index in [4.69, 9.17) is 9.72 Å². The van der Waals surface area contributed by atoms with E-state index in [1.54, 1.807) is 7.11 Å². The number of fused-ring (bicyclic) bond motifs is 5. The molecule has 3 heteroatoms. The van der Waals surface area contributed by atoms with E-state index in [1.165, 1.54) is 64.2 Å². The fraction of sp³-hybridized carbons (Fsp3) is 0.321. The predicted octanol–water partition coefficient (Wildman–Crippen LogP) is 7.79. The lowest BCUT2D eigenvalue weighted by Crippen LogP contribution is -2.01. The van der Waals surface area contributed by atoms with Crippen LogP contribution in [0, 0.1) is 0 Å². The molecule has 5 rings (SSSR count). The molecule has 158 valence electrons. The lowest BCUT2D eigenvalue weighted by Gasteiger charge is -2.16. The number of hydrogen-bond donors (Lipinski definition) is 0. The number of ether oxygens (including phenoxy) is 1. The van der Waals surface area contributed by atoms with E-state index >= 15 is 0 Å². The number of para-hydroxylation sites is 1. The number of rotatable bonds is 7. The van der Waals surface area contributed by atoms with Crippen molar-refractivity contribution in [2.75, 3.05) is 7.11 Å². The van der Waals surface area contributed by atoms with Crippen molar-refractivity contribution in [1.82, 2.24) is 9.55 Å². The minimum absolute atomic E-state index is 0.875. The van der Waals surface area contributed by atoms with Crippen LogP contribution in [0.15, 0.2) is 54.7 Å². The molecule has 2 aromatic heterocycles. The Hall–Kier alpha value is -3.07. The Kier molecular flexibility index (Phi) is 5.27. The molecule has 4 aromatic rings. The monoisotopic (exact) mass is 410 g/mol. The van der Waals surface area contributed by atoms with E-state index < -0.39 is 0 Å². The molecule has 0 atom stereocenters. The number of allylic oxidation sites excluding steroid dienone is 2. The molecule has 0 N–H and O–H groups in total. The Balaban J connectivity index is 1.94. The standard InChI is InChI=1S/C28H30N2O/c1-4-6-10-20-21(11-7-5-2)25-14-9-17-29-28(25)30-26-18-19(31-3)15-16-22(26)24-13-8-12-23(20)27(24)30/h8-9,12-18H,4-7,10-11H2,1-3H3. The first kappa shape index (κ1) is 19.9. The first-order valence-corrected chi connectivity index (χ1v) is 11.6. The fourth-order valence-corrected chi connectivity index (χ4v) is 5.05. The lowest BCUT2D eigenvalue weighted by atomic mass is 9.88. The van der Waals surface area contributed by atoms with Crippen molar-refractivity contribution in [3.8, 4) is 11.6 Å². The average molecular weight is 411 g/mol. The molecule has 0 aliphatic carbocycles. The molecule has 3 nitrogen and oxygen atoms in total. The second-order valence-corrected chi connectivity index (χ2v) is 8.46. The summed E-state index contributed by atoms with van der Waals surface area (Å²) in [5.41, 5.74) is 8.07. The van der Waals surface area contributed by atoms with Gasteiger partial charge in [-0.25, -0.2) is 4.98 Å². The minimum atomic E-state index is 0.875. The summed E-state index contributed by atoms with van der Waals surface area (Å²) in [6.45, 7) is 4.56. The average Bonchev–Trinajstić information content (AvgIpc) is 3.08. The van der Waals surface area contributed by atoms with Gasteiger partial charge in [0.25, 0.3) is 0 Å². The maximum atomic E-state index is 5.59. The highest BCUT2D eigenvalue weighted by Gasteiger charge is 2.26. The third-order valence-corrected chi connectivity index (χ3v) is 6.57. The number of benzene rings is 2. The Morgan fingerprint density at radius 1 is 0.839 bits per heavy atom. The van der Waals surface area contributed by atoms with Crippen molar-refractivity contribution in [1.29, 1.82) is 0 Å². The largest absolute Gasteiger partial charge is 0.497 e. The Labute approximate surface area is 184 Å². The highest BCUT2D eigenvalue weighted by atomic mass is 16.5. The van der Waals surface area contributed by atoms with Crippen LogP contribution in [0.2, 0.25) is 0 Å². The molecule has 0 amide bonds. The number of nitrogens with zero attached hydrogens (tertiary/aromatic N) is 2. The van der Waals surface area contributed by atoms with E-state index in [-0.39, 0.29) is 0 Å². The second kappa shape index (κ2) is 8.22. The maximum Gasteiger partial charge on any atom is 0.145 e. The summed E-state index contributed by atoms with van der Waals surface area (Å²) in [7, 11) is 1.73. The molecular formula is C28H30N2O. The van der Waals surface area contributed by atoms with Gasteiger partial charge in [0, 0.05) is 34.2 Å². The van der Waals surface area contributed by atoms with Gasteiger partial charge in [-0.1, -0.05) is 44.9 Å². The van der Waals surface area contributed by atoms with Crippen LogP contribution >= 0.6 is 0 Å². The van der Waals surface area contributed by atoms with Crippen molar-refractivity contribution in [2.24, 2.45) is 0 Å². The van der Waals surface area contributed by atoms with E-state index in [1.807, 2.05) is 6.20 Å². The fourth-order valence-electron chi connectivity index (χ4n) is 5.05. The van der Waals surface area contributed by atoms with Gasteiger partial charge in [-0.2, -0.15) is 0 Å². The SMILES string of the molecule is CCCCC1=C(CCCC)c2cccc3c4ccc(OC)cc4n(c23)-c2ncccc21. The van der Waals surface area contributed by atoms with Crippen molar-refractivity contribution in [2.45, 2.75) is 52.4 Å². The molecule has 0 fully saturated rings. The molecule has 0 radical (unpaired) electrons. The van der Waals surface area contributed by atoms with Crippen LogP contribution in [-0.2, 0) is 0 Å². The topological polar surface area (TPSA) is 27.1 Å². The highest BCUT2D eigenvalue weighted by molar-refractivity contribution is 6.15. The van der Waals surface area contributed by atoms with Gasteiger partial charge in [0.05, 0.1) is 18.1 Å². The molecular weight excluding hydrogens is 380 g/mol. The van der Waals surface area contributed by atoms with Crippen LogP contribution < -0.4 is 4.74 Å². The number of methoxy groups -OCH3 is 1. The normalized spacial score (nSPS) is 13.0. The third kappa shape index (κ3) is 3.15. The predicted molar refractivity (Wildman–Crippen MR) is 131 cm³/mol. The first-order chi connectivity index (χ1) is 15.3. The van der Waals surface area contributed by atoms with Crippen molar-refractivity contribution < 1.29 is 4.74 Å². The van der Waals surface area contributed by atoms with Crippen molar-refractivity contribution in [3.63, 3.8) is 0 Å². The van der Waals surface area contributed by atoms with Gasteiger partial charge in [0.2, 0.25) is 0 Å². The van der Waals surface area contributed by atoms with Crippen LogP contribution in [0.3, 0.4) is 0 Å². The van der Waals surface area contributed by atoms with E-state index in [2.05, 4.69) is 66.9 Å². The molecule has 0 unspecified atom stereocenters. The Morgan fingerprint density at radius 2 is 1.58 bits per heavy atom. The minimum Gasteiger partial charge on any atom is -0.497 e. The van der Waals surface area contributed by atoms with E-state index in [0.29, 0.717) is 0 Å². The third-order valence-electron chi connectivity index (χ3n) is 6.57. The highest BCUT2D eigenvalue weighted by Crippen LogP contribution is 2.45. The first-order valence-electron chi connectivity index (χ1n) is 11.6. The van der Waals surface area contributed by atoms with Gasteiger partial charge in [0.15, 0.2) is 0 Å². The van der Waals surface area contributed by atoms with Crippen LogP contribution in [0.25, 0.3) is 38.8 Å². The van der Waals surface area contributed by atoms with Gasteiger partial charge >= 0.3 is 0 Å². The quantitative estimate of drug-likeness (QED) is 0.311. The van der Waals surface area contributed by atoms with Crippen LogP contribution in [0.4, 0.5) is 0 Å². The summed E-state index contributed by atoms with van der Waals surface area (Å²) in [4.78, 5) is 4.94. The smallest absolute Gasteiger partial charge is 0.145 e. The van der Waals surface area contributed by atoms with E-state index in [9.17, 15) is 0 Å². The zero-order valence-corrected chi connectivity index (χ0v) is 18.7. The summed E-state index contributed by atoms with van der Waals surface area (Å²) in [5.74, 6) is 1.92. The van der Waals surface area contributed by atoms with Gasteiger partial charge in [0.1, 0.15) is 11.6 Å². The van der Waals surface area contributed by atoms with E-state index in [0.717, 1.165) is 29.9 Å². The summed E-state index contributed by atoms with van der Waals surface area (Å²) >= 11 is 0. The van der Waals surface area contributed by atoms with Crippen LogP contribution in [-0.4, -0.2) is 16.7 Å². The second-order valence-electron chi connectivity index (χ2n) is 8.46. The lowest BCUT2D eigenvalue weighted by molar-refractivity contribution is 0.415. The summed E-state index contributed by atoms with van der Waals surface area (Å²) in [5, 5.41) is 2.54. The Bertz CT molecular complexity index is 1300. The number of hydrogen-bond acceptors (Lipinski definition) is 2. The molecule has 1 aliphatic rings. The molecule has 1 aliphatic heterocycles. The molecule has 0 spiro atoms.